The average molecular weight is 242 g/mol. The molecule has 4 heteroatoms. The molecule has 88 valence electrons. The van der Waals surface area contributed by atoms with Crippen LogP contribution in [0.5, 0.6) is 0 Å². The first kappa shape index (κ1) is 14.7. The maximum Gasteiger partial charge on any atom is 0.321 e. The minimum Gasteiger partial charge on any atom is -0.461 e. The molecule has 0 N–H and O–H groups in total. The highest BCUT2D eigenvalue weighted by molar-refractivity contribution is 6.26. The van der Waals surface area contributed by atoms with Crippen molar-refractivity contribution in [2.75, 3.05) is 5.88 Å². The van der Waals surface area contributed by atoms with E-state index in [1.54, 1.807) is 12.2 Å². The number of esters is 1. The Hall–Kier alpha value is -1.27. The largest absolute Gasteiger partial charge is 0.461 e. The van der Waals surface area contributed by atoms with Crippen LogP contribution in [0.3, 0.4) is 0 Å². The third-order valence-corrected chi connectivity index (χ3v) is 2.36. The molecule has 2 atom stereocenters. The van der Waals surface area contributed by atoms with Crippen molar-refractivity contribution in [1.29, 1.82) is 5.26 Å². The molecule has 0 heterocycles. The number of carbonyl (C=O) groups is 1. The predicted molar refractivity (Wildman–Crippen MR) is 63.9 cm³/mol. The van der Waals surface area contributed by atoms with E-state index in [9.17, 15) is 4.79 Å². The topological polar surface area (TPSA) is 50.1 Å². The van der Waals surface area contributed by atoms with Crippen molar-refractivity contribution in [2.24, 2.45) is 5.92 Å². The Balaban J connectivity index is 4.27. The van der Waals surface area contributed by atoms with Crippen LogP contribution in [-0.4, -0.2) is 18.0 Å². The molecule has 0 aliphatic carbocycles. The Morgan fingerprint density at radius 2 is 2.25 bits per heavy atom. The van der Waals surface area contributed by atoms with Gasteiger partial charge in [0.05, 0.1) is 6.07 Å². The fraction of sp³-hybridized carbons (Fsp3) is 0.500. The maximum atomic E-state index is 11.0. The van der Waals surface area contributed by atoms with Crippen molar-refractivity contribution in [3.05, 3.63) is 24.3 Å². The number of hydrogen-bond donors (Lipinski definition) is 0. The van der Waals surface area contributed by atoms with Gasteiger partial charge in [-0.05, 0) is 13.3 Å². The van der Waals surface area contributed by atoms with E-state index in [4.69, 9.17) is 21.6 Å². The molecule has 0 unspecified atom stereocenters. The van der Waals surface area contributed by atoms with Gasteiger partial charge in [0.15, 0.2) is 0 Å². The molecule has 0 bridgehead atoms. The quantitative estimate of drug-likeness (QED) is 0.311. The summed E-state index contributed by atoms with van der Waals surface area (Å²) in [5, 5.41) is 8.29. The van der Waals surface area contributed by atoms with E-state index in [1.165, 1.54) is 6.08 Å². The van der Waals surface area contributed by atoms with Crippen LogP contribution < -0.4 is 0 Å². The molecule has 0 aliphatic heterocycles. The highest BCUT2D eigenvalue weighted by Crippen LogP contribution is 2.14. The van der Waals surface area contributed by atoms with E-state index >= 15 is 0 Å². The number of allylic oxidation sites excluding steroid dienone is 3. The lowest BCUT2D eigenvalue weighted by molar-refractivity contribution is -0.146. The monoisotopic (exact) mass is 241 g/mol. The van der Waals surface area contributed by atoms with Gasteiger partial charge in [0, 0.05) is 12.0 Å². The van der Waals surface area contributed by atoms with E-state index < -0.39 is 5.97 Å². The van der Waals surface area contributed by atoms with Gasteiger partial charge < -0.3 is 4.74 Å². The number of rotatable bonds is 6. The number of ether oxygens (including phenoxy) is 1. The smallest absolute Gasteiger partial charge is 0.321 e. The molecule has 16 heavy (non-hydrogen) atoms. The summed E-state index contributed by atoms with van der Waals surface area (Å²) < 4.78 is 5.10. The van der Waals surface area contributed by atoms with Gasteiger partial charge in [-0.15, -0.1) is 11.6 Å². The summed E-state index contributed by atoms with van der Waals surface area (Å²) in [6, 6.07) is 1.90. The Labute approximate surface area is 101 Å². The number of hydrogen-bond acceptors (Lipinski definition) is 3. The Morgan fingerprint density at radius 1 is 1.56 bits per heavy atom. The summed E-state index contributed by atoms with van der Waals surface area (Å²) in [5.41, 5.74) is 0. The van der Waals surface area contributed by atoms with Crippen LogP contribution in [0.4, 0.5) is 0 Å². The average Bonchev–Trinajstić information content (AvgIpc) is 2.28. The third kappa shape index (κ3) is 6.26. The fourth-order valence-corrected chi connectivity index (χ4v) is 1.32. The van der Waals surface area contributed by atoms with Crippen LogP contribution in [0.25, 0.3) is 0 Å². The summed E-state index contributed by atoms with van der Waals surface area (Å²) in [6.45, 7) is 3.84. The third-order valence-electron chi connectivity index (χ3n) is 2.14. The van der Waals surface area contributed by atoms with Crippen LogP contribution in [-0.2, 0) is 9.53 Å². The highest BCUT2D eigenvalue weighted by Gasteiger charge is 2.16. The second-order valence-electron chi connectivity index (χ2n) is 3.27. The van der Waals surface area contributed by atoms with Gasteiger partial charge in [-0.3, -0.25) is 4.79 Å². The maximum absolute atomic E-state index is 11.0. The molecule has 0 aromatic heterocycles. The summed E-state index contributed by atoms with van der Waals surface area (Å²) in [6.07, 6.45) is 7.39. The van der Waals surface area contributed by atoms with Gasteiger partial charge in [0.1, 0.15) is 12.0 Å². The molecule has 0 rings (SSSR count). The van der Waals surface area contributed by atoms with Gasteiger partial charge in [0.25, 0.3) is 0 Å². The number of nitrogens with zero attached hydrogens (tertiary/aromatic N) is 1. The molecular weight excluding hydrogens is 226 g/mol. The predicted octanol–water partition coefficient (Wildman–Crippen LogP) is 2.82. The van der Waals surface area contributed by atoms with Crippen molar-refractivity contribution in [1.82, 2.24) is 0 Å². The molecule has 0 fully saturated rings. The van der Waals surface area contributed by atoms with Crippen LogP contribution >= 0.6 is 11.6 Å². The van der Waals surface area contributed by atoms with E-state index in [0.717, 1.165) is 6.42 Å². The van der Waals surface area contributed by atoms with E-state index in [2.05, 4.69) is 0 Å². The van der Waals surface area contributed by atoms with Gasteiger partial charge in [-0.25, -0.2) is 0 Å². The summed E-state index contributed by atoms with van der Waals surface area (Å²) in [5.74, 6) is -0.400. The Bertz CT molecular complexity index is 305. The van der Waals surface area contributed by atoms with E-state index in [1.807, 2.05) is 26.0 Å². The zero-order valence-corrected chi connectivity index (χ0v) is 10.3. The van der Waals surface area contributed by atoms with Crippen molar-refractivity contribution in [3.63, 3.8) is 0 Å². The lowest BCUT2D eigenvalue weighted by Gasteiger charge is -2.19. The van der Waals surface area contributed by atoms with Crippen LogP contribution in [0.2, 0.25) is 0 Å². The first-order chi connectivity index (χ1) is 7.65. The minimum absolute atomic E-state index is 0.126. The standard InChI is InChI=1S/C12H16ClNO2/c1-3-11(7-5-4-6-8-14)10(2)16-12(15)9-13/h4-7,10-11H,3,9H2,1-2H3/b6-4+,7-5+/t10-,11-/m0/s1. The number of nitriles is 1. The summed E-state index contributed by atoms with van der Waals surface area (Å²) >= 11 is 5.35. The van der Waals surface area contributed by atoms with E-state index in [-0.39, 0.29) is 17.9 Å². The van der Waals surface area contributed by atoms with Crippen molar-refractivity contribution in [2.45, 2.75) is 26.4 Å². The van der Waals surface area contributed by atoms with Gasteiger partial charge in [-0.1, -0.05) is 25.2 Å². The first-order valence-corrected chi connectivity index (χ1v) is 5.67. The SMILES string of the molecule is CC[C@@H](/C=C/C=C/C#N)[C@H](C)OC(=O)CCl. The van der Waals surface area contributed by atoms with Crippen LogP contribution in [0, 0.1) is 17.2 Å². The molecule has 0 radical (unpaired) electrons. The zero-order valence-electron chi connectivity index (χ0n) is 9.52. The summed E-state index contributed by atoms with van der Waals surface area (Å²) in [4.78, 5) is 11.0. The Kier molecular flexibility index (Phi) is 8.28. The summed E-state index contributed by atoms with van der Waals surface area (Å²) in [7, 11) is 0. The number of alkyl halides is 1. The minimum atomic E-state index is -0.409. The molecule has 0 aromatic rings. The molecule has 0 spiro atoms. The molecule has 0 saturated heterocycles. The zero-order chi connectivity index (χ0) is 12.4. The second-order valence-corrected chi connectivity index (χ2v) is 3.54. The normalized spacial score (nSPS) is 14.9. The van der Waals surface area contributed by atoms with Crippen molar-refractivity contribution >= 4 is 17.6 Å². The molecule has 0 saturated carbocycles. The lowest BCUT2D eigenvalue weighted by atomic mass is 10.00. The lowest BCUT2D eigenvalue weighted by Crippen LogP contribution is -2.23. The van der Waals surface area contributed by atoms with E-state index in [0.29, 0.717) is 0 Å². The second kappa shape index (κ2) is 8.99. The number of carbonyl (C=O) groups excluding carboxylic acids is 1. The van der Waals surface area contributed by atoms with Gasteiger partial charge in [0.2, 0.25) is 0 Å². The molecule has 3 nitrogen and oxygen atoms in total. The molecular formula is C12H16ClNO2. The molecule has 0 aliphatic rings. The molecule has 0 aromatic carbocycles. The molecule has 0 amide bonds. The Morgan fingerprint density at radius 3 is 2.75 bits per heavy atom. The van der Waals surface area contributed by atoms with Gasteiger partial charge >= 0.3 is 5.97 Å². The number of halogens is 1. The fourth-order valence-electron chi connectivity index (χ4n) is 1.26. The van der Waals surface area contributed by atoms with Crippen LogP contribution in [0.1, 0.15) is 20.3 Å². The van der Waals surface area contributed by atoms with Gasteiger partial charge in [-0.2, -0.15) is 5.26 Å². The van der Waals surface area contributed by atoms with Crippen molar-refractivity contribution in [3.8, 4) is 6.07 Å². The van der Waals surface area contributed by atoms with Crippen LogP contribution in [0.15, 0.2) is 24.3 Å². The highest BCUT2D eigenvalue weighted by atomic mass is 35.5. The first-order valence-electron chi connectivity index (χ1n) is 5.14. The van der Waals surface area contributed by atoms with Crippen molar-refractivity contribution < 1.29 is 9.53 Å².